The maximum atomic E-state index is 10.9. The van der Waals surface area contributed by atoms with Gasteiger partial charge in [0, 0.05) is 17.7 Å². The molecule has 0 atom stereocenters. The molecule has 1 heterocycles. The zero-order valence-electron chi connectivity index (χ0n) is 10.7. The lowest BCUT2D eigenvalue weighted by Gasteiger charge is -2.07. The Morgan fingerprint density at radius 1 is 1.38 bits per heavy atom. The van der Waals surface area contributed by atoms with Crippen molar-refractivity contribution >= 4 is 23.3 Å². The number of halogens is 1. The number of rotatable bonds is 4. The number of aromatic nitrogens is 1. The highest BCUT2D eigenvalue weighted by Crippen LogP contribution is 2.27. The van der Waals surface area contributed by atoms with Crippen LogP contribution in [-0.4, -0.2) is 21.0 Å². The lowest BCUT2D eigenvalue weighted by molar-refractivity contribution is -0.385. The summed E-state index contributed by atoms with van der Waals surface area (Å²) < 4.78 is 5.38. The fourth-order valence-corrected chi connectivity index (χ4v) is 1.83. The Bertz CT molecular complexity index is 732. The molecule has 0 amide bonds. The van der Waals surface area contributed by atoms with Crippen molar-refractivity contribution < 1.29 is 19.6 Å². The first-order chi connectivity index (χ1) is 9.88. The van der Waals surface area contributed by atoms with Gasteiger partial charge in [-0.05, 0) is 25.1 Å². The zero-order valence-corrected chi connectivity index (χ0v) is 11.5. The summed E-state index contributed by atoms with van der Waals surface area (Å²) in [4.78, 5) is 24.9. The number of hydrogen-bond acceptors (Lipinski definition) is 5. The van der Waals surface area contributed by atoms with Crippen LogP contribution in [0.15, 0.2) is 30.3 Å². The molecule has 0 saturated carbocycles. The van der Waals surface area contributed by atoms with Crippen LogP contribution in [0.5, 0.6) is 11.6 Å². The second-order valence-electron chi connectivity index (χ2n) is 4.09. The van der Waals surface area contributed by atoms with Crippen molar-refractivity contribution in [3.8, 4) is 11.6 Å². The van der Waals surface area contributed by atoms with Crippen LogP contribution in [-0.2, 0) is 0 Å². The summed E-state index contributed by atoms with van der Waals surface area (Å²) in [5.74, 6) is -0.931. The van der Waals surface area contributed by atoms with E-state index in [0.717, 1.165) is 0 Å². The molecule has 0 bridgehead atoms. The van der Waals surface area contributed by atoms with E-state index in [4.69, 9.17) is 21.4 Å². The van der Waals surface area contributed by atoms with Crippen LogP contribution in [0.1, 0.15) is 16.1 Å². The third kappa shape index (κ3) is 3.26. The smallest absolute Gasteiger partial charge is 0.356 e. The van der Waals surface area contributed by atoms with Crippen LogP contribution >= 0.6 is 11.6 Å². The number of aromatic carboxylic acids is 1. The van der Waals surface area contributed by atoms with E-state index in [9.17, 15) is 14.9 Å². The molecule has 108 valence electrons. The minimum atomic E-state index is -1.27. The first-order valence-corrected chi connectivity index (χ1v) is 6.09. The van der Waals surface area contributed by atoms with Gasteiger partial charge in [0.15, 0.2) is 5.69 Å². The minimum Gasteiger partial charge on any atom is -0.476 e. The summed E-state index contributed by atoms with van der Waals surface area (Å²) in [5, 5.41) is 19.6. The van der Waals surface area contributed by atoms with Gasteiger partial charge < -0.3 is 9.84 Å². The van der Waals surface area contributed by atoms with Gasteiger partial charge in [-0.1, -0.05) is 11.6 Å². The summed E-state index contributed by atoms with van der Waals surface area (Å²) in [6, 6.07) is 6.94. The number of ether oxygens (including phenoxy) is 1. The Labute approximate surface area is 123 Å². The van der Waals surface area contributed by atoms with E-state index in [0.29, 0.717) is 11.3 Å². The maximum absolute atomic E-state index is 10.9. The molecule has 0 aliphatic carbocycles. The molecule has 0 spiro atoms. The number of nitro benzene ring substituents is 1. The molecule has 0 radical (unpaired) electrons. The highest BCUT2D eigenvalue weighted by atomic mass is 35.5. The monoisotopic (exact) mass is 308 g/mol. The molecule has 1 aromatic heterocycles. The van der Waals surface area contributed by atoms with Crippen LogP contribution < -0.4 is 4.74 Å². The number of carboxylic acid groups (broad SMARTS) is 1. The second kappa shape index (κ2) is 5.76. The number of carbonyl (C=O) groups is 1. The standard InChI is InChI=1S/C13H9ClN2O5/c1-7-6-8(2-4-10(7)16(19)20)21-11-5-3-9(14)12(15-11)13(17)18/h2-6H,1H3,(H,17,18). The molecule has 7 nitrogen and oxygen atoms in total. The lowest BCUT2D eigenvalue weighted by Crippen LogP contribution is -2.02. The first kappa shape index (κ1) is 14.7. The number of nitro groups is 1. The summed E-state index contributed by atoms with van der Waals surface area (Å²) in [6.45, 7) is 1.57. The average Bonchev–Trinajstić information content (AvgIpc) is 2.40. The van der Waals surface area contributed by atoms with Gasteiger partial charge in [-0.15, -0.1) is 0 Å². The van der Waals surface area contributed by atoms with E-state index in [-0.39, 0.29) is 22.3 Å². The van der Waals surface area contributed by atoms with E-state index >= 15 is 0 Å². The molecule has 0 aliphatic rings. The van der Waals surface area contributed by atoms with E-state index < -0.39 is 10.9 Å². The lowest BCUT2D eigenvalue weighted by atomic mass is 10.2. The molecular weight excluding hydrogens is 300 g/mol. The van der Waals surface area contributed by atoms with Gasteiger partial charge in [-0.25, -0.2) is 9.78 Å². The zero-order chi connectivity index (χ0) is 15.6. The van der Waals surface area contributed by atoms with E-state index in [1.165, 1.54) is 30.3 Å². The van der Waals surface area contributed by atoms with Gasteiger partial charge in [0.1, 0.15) is 5.75 Å². The molecule has 8 heteroatoms. The molecule has 2 rings (SSSR count). The van der Waals surface area contributed by atoms with Crippen LogP contribution in [0.25, 0.3) is 0 Å². The summed E-state index contributed by atoms with van der Waals surface area (Å²) >= 11 is 5.70. The fraction of sp³-hybridized carbons (Fsp3) is 0.0769. The van der Waals surface area contributed by atoms with Gasteiger partial charge in [-0.3, -0.25) is 10.1 Å². The Hall–Kier alpha value is -2.67. The molecule has 1 N–H and O–H groups in total. The van der Waals surface area contributed by atoms with Gasteiger partial charge in [-0.2, -0.15) is 0 Å². The molecule has 0 saturated heterocycles. The predicted molar refractivity (Wildman–Crippen MR) is 74.1 cm³/mol. The van der Waals surface area contributed by atoms with E-state index in [1.807, 2.05) is 0 Å². The van der Waals surface area contributed by atoms with Crippen molar-refractivity contribution in [2.24, 2.45) is 0 Å². The Morgan fingerprint density at radius 3 is 2.67 bits per heavy atom. The van der Waals surface area contributed by atoms with Gasteiger partial charge >= 0.3 is 5.97 Å². The van der Waals surface area contributed by atoms with Crippen LogP contribution in [0.4, 0.5) is 5.69 Å². The van der Waals surface area contributed by atoms with Crippen molar-refractivity contribution in [1.29, 1.82) is 0 Å². The van der Waals surface area contributed by atoms with E-state index in [2.05, 4.69) is 4.98 Å². The Kier molecular flexibility index (Phi) is 4.04. The quantitative estimate of drug-likeness (QED) is 0.685. The predicted octanol–water partition coefficient (Wildman–Crippen LogP) is 3.44. The third-order valence-corrected chi connectivity index (χ3v) is 2.92. The SMILES string of the molecule is Cc1cc(Oc2ccc(Cl)c(C(=O)O)n2)ccc1[N+](=O)[O-]. The molecule has 1 aromatic carbocycles. The molecule has 0 fully saturated rings. The maximum Gasteiger partial charge on any atom is 0.356 e. The highest BCUT2D eigenvalue weighted by Gasteiger charge is 2.14. The van der Waals surface area contributed by atoms with Crippen molar-refractivity contribution in [2.75, 3.05) is 0 Å². The third-order valence-electron chi connectivity index (χ3n) is 2.61. The van der Waals surface area contributed by atoms with Crippen molar-refractivity contribution in [1.82, 2.24) is 4.98 Å². The van der Waals surface area contributed by atoms with Gasteiger partial charge in [0.2, 0.25) is 5.88 Å². The van der Waals surface area contributed by atoms with Crippen LogP contribution in [0.2, 0.25) is 5.02 Å². The molecule has 0 unspecified atom stereocenters. The second-order valence-corrected chi connectivity index (χ2v) is 4.50. The summed E-state index contributed by atoms with van der Waals surface area (Å²) in [6.07, 6.45) is 0. The van der Waals surface area contributed by atoms with E-state index in [1.54, 1.807) is 6.92 Å². The Morgan fingerprint density at radius 2 is 2.10 bits per heavy atom. The summed E-state index contributed by atoms with van der Waals surface area (Å²) in [7, 11) is 0. The minimum absolute atomic E-state index is 0.00488. The Balaban J connectivity index is 2.30. The van der Waals surface area contributed by atoms with Crippen molar-refractivity contribution in [3.63, 3.8) is 0 Å². The fourth-order valence-electron chi connectivity index (χ4n) is 1.65. The number of pyridine rings is 1. The normalized spacial score (nSPS) is 10.2. The number of nitrogens with zero attached hydrogens (tertiary/aromatic N) is 2. The van der Waals surface area contributed by atoms with Gasteiger partial charge in [0.05, 0.1) is 9.95 Å². The molecule has 0 aliphatic heterocycles. The van der Waals surface area contributed by atoms with Gasteiger partial charge in [0.25, 0.3) is 5.69 Å². The number of aryl methyl sites for hydroxylation is 1. The largest absolute Gasteiger partial charge is 0.476 e. The van der Waals surface area contributed by atoms with Crippen LogP contribution in [0, 0.1) is 17.0 Å². The topological polar surface area (TPSA) is 103 Å². The molecular formula is C13H9ClN2O5. The molecule has 21 heavy (non-hydrogen) atoms. The molecule has 2 aromatic rings. The highest BCUT2D eigenvalue weighted by molar-refractivity contribution is 6.33. The average molecular weight is 309 g/mol. The summed E-state index contributed by atoms with van der Waals surface area (Å²) in [5.41, 5.74) is 0.0652. The van der Waals surface area contributed by atoms with Crippen LogP contribution in [0.3, 0.4) is 0 Å². The first-order valence-electron chi connectivity index (χ1n) is 5.71. The number of carboxylic acids is 1. The number of hydrogen-bond donors (Lipinski definition) is 1. The van der Waals surface area contributed by atoms with Crippen molar-refractivity contribution in [2.45, 2.75) is 6.92 Å². The number of benzene rings is 1. The van der Waals surface area contributed by atoms with Crippen molar-refractivity contribution in [3.05, 3.63) is 56.7 Å².